The van der Waals surface area contributed by atoms with E-state index in [1.54, 1.807) is 0 Å². The van der Waals surface area contributed by atoms with Gasteiger partial charge in [0, 0.05) is 12.1 Å². The van der Waals surface area contributed by atoms with Gasteiger partial charge in [-0.25, -0.2) is 0 Å². The Labute approximate surface area is 94.6 Å². The molecular weight excluding hydrogens is 184 g/mol. The third-order valence-corrected chi connectivity index (χ3v) is 4.37. The van der Waals surface area contributed by atoms with Gasteiger partial charge in [0.1, 0.15) is 0 Å². The average molecular weight is 210 g/mol. The molecule has 2 heterocycles. The van der Waals surface area contributed by atoms with Gasteiger partial charge in [-0.3, -0.25) is 0 Å². The summed E-state index contributed by atoms with van der Waals surface area (Å²) in [4.78, 5) is 5.28. The summed E-state index contributed by atoms with van der Waals surface area (Å²) in [7, 11) is 2.30. The minimum absolute atomic E-state index is 0.877. The second-order valence-electron chi connectivity index (χ2n) is 5.29. The molecule has 0 saturated carbocycles. The van der Waals surface area contributed by atoms with E-state index in [0.29, 0.717) is 0 Å². The average Bonchev–Trinajstić information content (AvgIpc) is 2.65. The molecule has 2 saturated heterocycles. The molecule has 1 unspecified atom stereocenters. The normalized spacial score (nSPS) is 34.8. The van der Waals surface area contributed by atoms with Crippen LogP contribution in [0.4, 0.5) is 0 Å². The number of nitrogens with zero attached hydrogens (tertiary/aromatic N) is 2. The fourth-order valence-corrected chi connectivity index (χ4v) is 3.33. The zero-order chi connectivity index (χ0) is 10.7. The van der Waals surface area contributed by atoms with Crippen molar-refractivity contribution in [2.45, 2.75) is 57.5 Å². The van der Waals surface area contributed by atoms with Crippen LogP contribution < -0.4 is 0 Å². The van der Waals surface area contributed by atoms with Crippen molar-refractivity contribution in [3.8, 4) is 0 Å². The Morgan fingerprint density at radius 2 is 1.80 bits per heavy atom. The topological polar surface area (TPSA) is 6.48 Å². The summed E-state index contributed by atoms with van der Waals surface area (Å²) in [5.74, 6) is 0. The van der Waals surface area contributed by atoms with E-state index in [9.17, 15) is 0 Å². The van der Waals surface area contributed by atoms with Crippen LogP contribution in [0.2, 0.25) is 0 Å². The molecule has 0 radical (unpaired) electrons. The van der Waals surface area contributed by atoms with Crippen molar-refractivity contribution < 1.29 is 0 Å². The monoisotopic (exact) mass is 210 g/mol. The molecule has 2 rings (SSSR count). The number of likely N-dealkylation sites (tertiary alicyclic amines) is 2. The molecule has 0 bridgehead atoms. The van der Waals surface area contributed by atoms with Gasteiger partial charge in [0.25, 0.3) is 0 Å². The van der Waals surface area contributed by atoms with Crippen LogP contribution in [0.3, 0.4) is 0 Å². The predicted molar refractivity (Wildman–Crippen MR) is 65.2 cm³/mol. The lowest BCUT2D eigenvalue weighted by atomic mass is 9.95. The Balaban J connectivity index is 1.85. The highest BCUT2D eigenvalue weighted by Crippen LogP contribution is 2.26. The number of hydrogen-bond donors (Lipinski definition) is 0. The van der Waals surface area contributed by atoms with Gasteiger partial charge < -0.3 is 9.80 Å². The van der Waals surface area contributed by atoms with Gasteiger partial charge in [0.05, 0.1) is 0 Å². The molecular formula is C13H26N2. The van der Waals surface area contributed by atoms with E-state index < -0.39 is 0 Å². The molecule has 2 fully saturated rings. The molecule has 0 aromatic carbocycles. The van der Waals surface area contributed by atoms with Crippen molar-refractivity contribution >= 4 is 0 Å². The first-order valence-electron chi connectivity index (χ1n) is 6.75. The Hall–Kier alpha value is -0.0800. The number of piperidine rings is 1. The fourth-order valence-electron chi connectivity index (χ4n) is 3.33. The first kappa shape index (κ1) is 11.4. The summed E-state index contributed by atoms with van der Waals surface area (Å²) in [6, 6.07) is 1.76. The van der Waals surface area contributed by atoms with Crippen LogP contribution in [0.1, 0.15) is 45.4 Å². The van der Waals surface area contributed by atoms with Crippen LogP contribution in [-0.2, 0) is 0 Å². The highest BCUT2D eigenvalue weighted by Gasteiger charge is 2.28. The summed E-state index contributed by atoms with van der Waals surface area (Å²) < 4.78 is 0. The zero-order valence-corrected chi connectivity index (χ0v) is 10.4. The molecule has 0 aromatic rings. The summed E-state index contributed by atoms with van der Waals surface area (Å²) >= 11 is 0. The molecule has 15 heavy (non-hydrogen) atoms. The van der Waals surface area contributed by atoms with Crippen LogP contribution in [0.15, 0.2) is 0 Å². The Bertz CT molecular complexity index is 193. The summed E-state index contributed by atoms with van der Waals surface area (Å²) in [6.45, 7) is 6.24. The van der Waals surface area contributed by atoms with Gasteiger partial charge in [0.15, 0.2) is 0 Å². The first-order chi connectivity index (χ1) is 7.31. The molecule has 2 nitrogen and oxygen atoms in total. The highest BCUT2D eigenvalue weighted by molar-refractivity contribution is 4.84. The Morgan fingerprint density at radius 1 is 1.00 bits per heavy atom. The van der Waals surface area contributed by atoms with Crippen LogP contribution >= 0.6 is 0 Å². The Morgan fingerprint density at radius 3 is 2.47 bits per heavy atom. The van der Waals surface area contributed by atoms with Gasteiger partial charge in [-0.2, -0.15) is 0 Å². The van der Waals surface area contributed by atoms with E-state index in [1.807, 2.05) is 0 Å². The van der Waals surface area contributed by atoms with Crippen molar-refractivity contribution in [1.82, 2.24) is 9.80 Å². The third-order valence-electron chi connectivity index (χ3n) is 4.37. The van der Waals surface area contributed by atoms with E-state index in [1.165, 1.54) is 58.2 Å². The van der Waals surface area contributed by atoms with Crippen LogP contribution in [0, 0.1) is 0 Å². The maximum atomic E-state index is 2.70. The van der Waals surface area contributed by atoms with E-state index in [0.717, 1.165) is 12.1 Å². The predicted octanol–water partition coefficient (Wildman–Crippen LogP) is 2.35. The third kappa shape index (κ3) is 2.73. The molecule has 2 atom stereocenters. The van der Waals surface area contributed by atoms with Crippen molar-refractivity contribution in [3.05, 3.63) is 0 Å². The standard InChI is InChI=1S/C13H26N2/c1-3-15-10-5-4-7-13(15)11-12-8-6-9-14(12)2/h12-13H,3-11H2,1-2H3/t12-,13?/m0/s1. The minimum atomic E-state index is 0.877. The second kappa shape index (κ2) is 5.31. The smallest absolute Gasteiger partial charge is 0.0110 e. The lowest BCUT2D eigenvalue weighted by Crippen LogP contribution is -2.43. The highest BCUT2D eigenvalue weighted by atomic mass is 15.2. The van der Waals surface area contributed by atoms with E-state index >= 15 is 0 Å². The van der Waals surface area contributed by atoms with Crippen molar-refractivity contribution in [2.75, 3.05) is 26.7 Å². The molecule has 2 heteroatoms. The lowest BCUT2D eigenvalue weighted by Gasteiger charge is -2.37. The summed E-state index contributed by atoms with van der Waals surface area (Å²) in [5.41, 5.74) is 0. The van der Waals surface area contributed by atoms with Gasteiger partial charge in [0.2, 0.25) is 0 Å². The summed E-state index contributed by atoms with van der Waals surface area (Å²) in [5, 5.41) is 0. The van der Waals surface area contributed by atoms with E-state index in [-0.39, 0.29) is 0 Å². The Kier molecular flexibility index (Phi) is 4.04. The molecule has 2 aliphatic rings. The molecule has 88 valence electrons. The number of rotatable bonds is 3. The SMILES string of the molecule is CCN1CCCCC1C[C@@H]1CCCN1C. The van der Waals surface area contributed by atoms with Crippen molar-refractivity contribution in [2.24, 2.45) is 0 Å². The molecule has 0 spiro atoms. The largest absolute Gasteiger partial charge is 0.303 e. The maximum Gasteiger partial charge on any atom is 0.0110 e. The van der Waals surface area contributed by atoms with Gasteiger partial charge in [-0.05, 0) is 58.8 Å². The second-order valence-corrected chi connectivity index (χ2v) is 5.29. The van der Waals surface area contributed by atoms with Crippen LogP contribution in [0.5, 0.6) is 0 Å². The van der Waals surface area contributed by atoms with E-state index in [2.05, 4.69) is 23.8 Å². The van der Waals surface area contributed by atoms with E-state index in [4.69, 9.17) is 0 Å². The zero-order valence-electron chi connectivity index (χ0n) is 10.4. The van der Waals surface area contributed by atoms with Crippen LogP contribution in [-0.4, -0.2) is 48.6 Å². The van der Waals surface area contributed by atoms with Gasteiger partial charge >= 0.3 is 0 Å². The molecule has 0 amide bonds. The van der Waals surface area contributed by atoms with Gasteiger partial charge in [-0.15, -0.1) is 0 Å². The molecule has 2 aliphatic heterocycles. The molecule has 0 N–H and O–H groups in total. The molecule has 0 aliphatic carbocycles. The minimum Gasteiger partial charge on any atom is -0.303 e. The molecule has 0 aromatic heterocycles. The quantitative estimate of drug-likeness (QED) is 0.705. The van der Waals surface area contributed by atoms with Gasteiger partial charge in [-0.1, -0.05) is 13.3 Å². The lowest BCUT2D eigenvalue weighted by molar-refractivity contribution is 0.122. The number of hydrogen-bond acceptors (Lipinski definition) is 2. The van der Waals surface area contributed by atoms with Crippen LogP contribution in [0.25, 0.3) is 0 Å². The maximum absolute atomic E-state index is 2.70. The first-order valence-corrected chi connectivity index (χ1v) is 6.75. The van der Waals surface area contributed by atoms with Crippen molar-refractivity contribution in [3.63, 3.8) is 0 Å². The fraction of sp³-hybridized carbons (Fsp3) is 1.00. The summed E-state index contributed by atoms with van der Waals surface area (Å²) in [6.07, 6.45) is 8.59. The van der Waals surface area contributed by atoms with Crippen molar-refractivity contribution in [1.29, 1.82) is 0 Å².